The van der Waals surface area contributed by atoms with Crippen molar-refractivity contribution < 1.29 is 22.1 Å². The lowest BCUT2D eigenvalue weighted by Gasteiger charge is -2.13. The van der Waals surface area contributed by atoms with E-state index in [1.54, 1.807) is 42.5 Å². The van der Waals surface area contributed by atoms with Gasteiger partial charge in [0.1, 0.15) is 22.1 Å². The van der Waals surface area contributed by atoms with E-state index in [9.17, 15) is 13.2 Å². The molecule has 0 spiro atoms. The smallest absolute Gasteiger partial charge is 0.339 e. The Kier molecular flexibility index (Phi) is 7.26. The van der Waals surface area contributed by atoms with Crippen LogP contribution in [0.2, 0.25) is 0 Å². The summed E-state index contributed by atoms with van der Waals surface area (Å²) < 4.78 is 36.4. The van der Waals surface area contributed by atoms with Gasteiger partial charge in [-0.3, -0.25) is 0 Å². The molecule has 7 nitrogen and oxygen atoms in total. The molecule has 8 heteroatoms. The van der Waals surface area contributed by atoms with Gasteiger partial charge in [0, 0.05) is 23.5 Å². The summed E-state index contributed by atoms with van der Waals surface area (Å²) in [6.07, 6.45) is 0. The maximum absolute atomic E-state index is 12.6. The van der Waals surface area contributed by atoms with Crippen LogP contribution in [0.15, 0.2) is 95.9 Å². The van der Waals surface area contributed by atoms with Gasteiger partial charge in [-0.05, 0) is 68.3 Å². The number of urea groups is 1. The van der Waals surface area contributed by atoms with Crippen LogP contribution in [0.1, 0.15) is 16.7 Å². The highest BCUT2D eigenvalue weighted by Crippen LogP contribution is 2.30. The van der Waals surface area contributed by atoms with Crippen molar-refractivity contribution >= 4 is 27.5 Å². The minimum absolute atomic E-state index is 0.0483. The van der Waals surface area contributed by atoms with Crippen LogP contribution in [0.4, 0.5) is 16.2 Å². The third-order valence-corrected chi connectivity index (χ3v) is 6.59. The molecule has 0 atom stereocenters. The predicted molar refractivity (Wildman–Crippen MR) is 141 cm³/mol. The van der Waals surface area contributed by atoms with Crippen LogP contribution in [-0.2, 0) is 10.1 Å². The zero-order valence-corrected chi connectivity index (χ0v) is 20.9. The molecule has 0 saturated carbocycles. The Morgan fingerprint density at radius 3 is 1.83 bits per heavy atom. The number of carbonyl (C=O) groups excluding carboxylic acids is 1. The third kappa shape index (κ3) is 6.22. The Morgan fingerprint density at radius 2 is 1.22 bits per heavy atom. The molecule has 0 heterocycles. The minimum Gasteiger partial charge on any atom is -0.457 e. The number of aryl methyl sites for hydroxylation is 3. The highest BCUT2D eigenvalue weighted by Gasteiger charge is 2.17. The topological polar surface area (TPSA) is 93.7 Å². The molecule has 184 valence electrons. The molecule has 0 radical (unpaired) electrons. The van der Waals surface area contributed by atoms with E-state index in [1.807, 2.05) is 45.0 Å². The Labute approximate surface area is 210 Å². The first-order valence-corrected chi connectivity index (χ1v) is 12.6. The molecule has 36 heavy (non-hydrogen) atoms. The van der Waals surface area contributed by atoms with Crippen LogP contribution in [0, 0.1) is 20.8 Å². The summed E-state index contributed by atoms with van der Waals surface area (Å²) >= 11 is 0. The number of ether oxygens (including phenoxy) is 1. The van der Waals surface area contributed by atoms with Crippen LogP contribution in [-0.4, -0.2) is 14.4 Å². The monoisotopic (exact) mass is 502 g/mol. The fraction of sp³-hybridized carbons (Fsp3) is 0.107. The Balaban J connectivity index is 1.41. The predicted octanol–water partition coefficient (Wildman–Crippen LogP) is 6.82. The lowest BCUT2D eigenvalue weighted by Crippen LogP contribution is -2.19. The van der Waals surface area contributed by atoms with Crippen molar-refractivity contribution in [2.24, 2.45) is 0 Å². The van der Waals surface area contributed by atoms with Gasteiger partial charge in [0.15, 0.2) is 0 Å². The summed E-state index contributed by atoms with van der Waals surface area (Å²) in [5.41, 5.74) is 3.86. The maximum atomic E-state index is 12.6. The molecule has 0 aliphatic rings. The highest BCUT2D eigenvalue weighted by molar-refractivity contribution is 7.87. The average molecular weight is 503 g/mol. The molecule has 4 aromatic carbocycles. The minimum atomic E-state index is -4.00. The van der Waals surface area contributed by atoms with Crippen molar-refractivity contribution in [3.05, 3.63) is 108 Å². The van der Waals surface area contributed by atoms with Gasteiger partial charge in [0.05, 0.1) is 0 Å². The molecule has 0 aliphatic carbocycles. The average Bonchev–Trinajstić information content (AvgIpc) is 2.82. The van der Waals surface area contributed by atoms with Crippen molar-refractivity contribution in [3.8, 4) is 17.2 Å². The molecule has 0 saturated heterocycles. The van der Waals surface area contributed by atoms with E-state index in [2.05, 4.69) is 10.6 Å². The third-order valence-electron chi connectivity index (χ3n) is 5.33. The second-order valence-corrected chi connectivity index (χ2v) is 9.85. The lowest BCUT2D eigenvalue weighted by molar-refractivity contribution is 0.262. The van der Waals surface area contributed by atoms with Crippen molar-refractivity contribution in [1.82, 2.24) is 0 Å². The van der Waals surface area contributed by atoms with E-state index >= 15 is 0 Å². The number of benzene rings is 4. The van der Waals surface area contributed by atoms with Gasteiger partial charge in [-0.1, -0.05) is 48.0 Å². The van der Waals surface area contributed by atoms with Crippen LogP contribution in [0.25, 0.3) is 0 Å². The second kappa shape index (κ2) is 10.5. The summed E-state index contributed by atoms with van der Waals surface area (Å²) in [6.45, 7) is 5.81. The fourth-order valence-electron chi connectivity index (χ4n) is 3.51. The Morgan fingerprint density at radius 1 is 0.694 bits per heavy atom. The maximum Gasteiger partial charge on any atom is 0.339 e. The largest absolute Gasteiger partial charge is 0.457 e. The Bertz CT molecular complexity index is 1480. The fourth-order valence-corrected chi connectivity index (χ4v) is 4.44. The first-order chi connectivity index (χ1) is 17.2. The van der Waals surface area contributed by atoms with Gasteiger partial charge in [0.25, 0.3) is 0 Å². The van der Waals surface area contributed by atoms with E-state index in [0.717, 1.165) is 22.4 Å². The number of nitrogens with one attached hydrogen (secondary N) is 2. The second-order valence-electron chi connectivity index (χ2n) is 8.31. The zero-order valence-electron chi connectivity index (χ0n) is 20.1. The van der Waals surface area contributed by atoms with Crippen molar-refractivity contribution in [1.29, 1.82) is 0 Å². The van der Waals surface area contributed by atoms with Crippen molar-refractivity contribution in [2.45, 2.75) is 25.7 Å². The van der Waals surface area contributed by atoms with Gasteiger partial charge >= 0.3 is 16.1 Å². The zero-order chi connectivity index (χ0) is 25.7. The highest BCUT2D eigenvalue weighted by atomic mass is 32.2. The molecule has 4 rings (SSSR count). The molecule has 0 unspecified atom stereocenters. The summed E-state index contributed by atoms with van der Waals surface area (Å²) in [5, 5.41) is 5.44. The van der Waals surface area contributed by atoms with E-state index in [0.29, 0.717) is 17.1 Å². The molecule has 2 N–H and O–H groups in total. The van der Waals surface area contributed by atoms with E-state index in [-0.39, 0.29) is 10.6 Å². The number of para-hydroxylation sites is 1. The number of anilines is 2. The van der Waals surface area contributed by atoms with Crippen LogP contribution in [0.3, 0.4) is 0 Å². The SMILES string of the molecule is Cc1ccc(S(=O)(=O)Oc2cccc(NC(=O)Nc3cccc(Oc4c(C)cccc4C)c3)c2)cc1. The van der Waals surface area contributed by atoms with Gasteiger partial charge in [0.2, 0.25) is 0 Å². The Hall–Kier alpha value is -4.30. The number of carbonyl (C=O) groups is 1. The van der Waals surface area contributed by atoms with Crippen LogP contribution in [0.5, 0.6) is 17.2 Å². The quantitative estimate of drug-likeness (QED) is 0.271. The lowest BCUT2D eigenvalue weighted by atomic mass is 10.1. The molecular formula is C28H26N2O5S. The standard InChI is InChI=1S/C28H26N2O5S/c1-19-13-15-26(16-14-19)36(32,33)35-25-12-6-10-23(18-25)30-28(31)29-22-9-5-11-24(17-22)34-27-20(2)7-4-8-21(27)3/h4-18H,1-3H3,(H2,29,30,31). The van der Waals surface area contributed by atoms with Gasteiger partial charge < -0.3 is 19.6 Å². The molecular weight excluding hydrogens is 476 g/mol. The molecule has 4 aromatic rings. The molecule has 0 fully saturated rings. The normalized spacial score (nSPS) is 11.0. The summed E-state index contributed by atoms with van der Waals surface area (Å²) in [6, 6.07) is 25.0. The van der Waals surface area contributed by atoms with Crippen LogP contribution >= 0.6 is 0 Å². The summed E-state index contributed by atoms with van der Waals surface area (Å²) in [4.78, 5) is 12.6. The van der Waals surface area contributed by atoms with E-state index in [4.69, 9.17) is 8.92 Å². The first kappa shape index (κ1) is 24.8. The molecule has 2 amide bonds. The van der Waals surface area contributed by atoms with Gasteiger partial charge in [-0.25, -0.2) is 4.79 Å². The molecule has 0 aromatic heterocycles. The number of amides is 2. The summed E-state index contributed by atoms with van der Waals surface area (Å²) in [5.74, 6) is 1.44. The van der Waals surface area contributed by atoms with Crippen molar-refractivity contribution in [3.63, 3.8) is 0 Å². The molecule has 0 aliphatic heterocycles. The van der Waals surface area contributed by atoms with E-state index in [1.165, 1.54) is 24.3 Å². The van der Waals surface area contributed by atoms with Gasteiger partial charge in [-0.15, -0.1) is 0 Å². The summed E-state index contributed by atoms with van der Waals surface area (Å²) in [7, 11) is -4.00. The number of hydrogen-bond donors (Lipinski definition) is 2. The first-order valence-electron chi connectivity index (χ1n) is 11.2. The van der Waals surface area contributed by atoms with E-state index < -0.39 is 16.1 Å². The van der Waals surface area contributed by atoms with Crippen molar-refractivity contribution in [2.75, 3.05) is 10.6 Å². The number of hydrogen-bond acceptors (Lipinski definition) is 5. The van der Waals surface area contributed by atoms with Crippen LogP contribution < -0.4 is 19.6 Å². The number of rotatable bonds is 7. The molecule has 0 bridgehead atoms. The van der Waals surface area contributed by atoms with Gasteiger partial charge in [-0.2, -0.15) is 8.42 Å².